The first-order valence-electron chi connectivity index (χ1n) is 10.2. The molecule has 0 unspecified atom stereocenters. The lowest BCUT2D eigenvalue weighted by molar-refractivity contribution is -0.117. The quantitative estimate of drug-likeness (QED) is 0.786. The average molecular weight is 393 g/mol. The SMILES string of the molecule is CN1CCN(c2cc(CNC(=O)c3cccc(NC(=O)C4CC4)c3)ccn2)CC1. The molecule has 0 radical (unpaired) electrons. The Morgan fingerprint density at radius 2 is 1.90 bits per heavy atom. The predicted molar refractivity (Wildman–Crippen MR) is 113 cm³/mol. The highest BCUT2D eigenvalue weighted by Crippen LogP contribution is 2.30. The van der Waals surface area contributed by atoms with E-state index in [1.165, 1.54) is 0 Å². The van der Waals surface area contributed by atoms with E-state index < -0.39 is 0 Å². The van der Waals surface area contributed by atoms with Crippen LogP contribution in [0.1, 0.15) is 28.8 Å². The fourth-order valence-corrected chi connectivity index (χ4v) is 3.39. The Hall–Kier alpha value is -2.93. The van der Waals surface area contributed by atoms with Gasteiger partial charge in [-0.3, -0.25) is 9.59 Å². The fourth-order valence-electron chi connectivity index (χ4n) is 3.39. The van der Waals surface area contributed by atoms with Crippen LogP contribution in [0.15, 0.2) is 42.6 Å². The largest absolute Gasteiger partial charge is 0.354 e. The van der Waals surface area contributed by atoms with Gasteiger partial charge in [0, 0.05) is 56.1 Å². The topological polar surface area (TPSA) is 77.6 Å². The first-order valence-corrected chi connectivity index (χ1v) is 10.2. The van der Waals surface area contributed by atoms with E-state index in [1.54, 1.807) is 24.4 Å². The zero-order valence-corrected chi connectivity index (χ0v) is 16.7. The molecule has 2 N–H and O–H groups in total. The summed E-state index contributed by atoms with van der Waals surface area (Å²) in [5.41, 5.74) is 2.21. The van der Waals surface area contributed by atoms with Crippen LogP contribution in [0.4, 0.5) is 11.5 Å². The normalized spacial score (nSPS) is 17.1. The number of amides is 2. The minimum absolute atomic E-state index is 0.0378. The van der Waals surface area contributed by atoms with Crippen LogP contribution in [0, 0.1) is 5.92 Å². The number of anilines is 2. The molecule has 0 bridgehead atoms. The third-order valence-electron chi connectivity index (χ3n) is 5.43. The number of nitrogens with zero attached hydrogens (tertiary/aromatic N) is 3. The van der Waals surface area contributed by atoms with Crippen molar-refractivity contribution in [1.29, 1.82) is 0 Å². The van der Waals surface area contributed by atoms with E-state index in [0.717, 1.165) is 50.4 Å². The molecule has 2 heterocycles. The van der Waals surface area contributed by atoms with Crippen molar-refractivity contribution in [2.75, 3.05) is 43.4 Å². The van der Waals surface area contributed by atoms with Crippen LogP contribution in [0.25, 0.3) is 0 Å². The molecule has 2 amide bonds. The van der Waals surface area contributed by atoms with Gasteiger partial charge in [-0.05, 0) is 55.8 Å². The van der Waals surface area contributed by atoms with E-state index >= 15 is 0 Å². The summed E-state index contributed by atoms with van der Waals surface area (Å²) in [5.74, 6) is 0.963. The van der Waals surface area contributed by atoms with Crippen molar-refractivity contribution in [3.63, 3.8) is 0 Å². The van der Waals surface area contributed by atoms with Crippen molar-refractivity contribution in [3.05, 3.63) is 53.7 Å². The zero-order valence-electron chi connectivity index (χ0n) is 16.7. The molecular weight excluding hydrogens is 366 g/mol. The van der Waals surface area contributed by atoms with Gasteiger partial charge in [-0.15, -0.1) is 0 Å². The number of likely N-dealkylation sites (N-methyl/N-ethyl adjacent to an activating group) is 1. The van der Waals surface area contributed by atoms with Crippen LogP contribution in [0.5, 0.6) is 0 Å². The summed E-state index contributed by atoms with van der Waals surface area (Å²) in [6.07, 6.45) is 3.70. The van der Waals surface area contributed by atoms with Gasteiger partial charge < -0.3 is 20.4 Å². The highest BCUT2D eigenvalue weighted by molar-refractivity contribution is 5.98. The molecule has 0 atom stereocenters. The summed E-state index contributed by atoms with van der Waals surface area (Å²) >= 11 is 0. The monoisotopic (exact) mass is 393 g/mol. The molecule has 2 aromatic rings. The molecule has 1 aliphatic heterocycles. The number of pyridine rings is 1. The number of piperazine rings is 1. The molecular formula is C22H27N5O2. The summed E-state index contributed by atoms with van der Waals surface area (Å²) < 4.78 is 0. The standard InChI is InChI=1S/C22H27N5O2/c1-26-9-11-27(12-10-26)20-13-16(7-8-23-20)15-24-21(28)18-3-2-4-19(14-18)25-22(29)17-5-6-17/h2-4,7-8,13-14,17H,5-6,9-12,15H2,1H3,(H,24,28)(H,25,29). The Morgan fingerprint density at radius 1 is 1.10 bits per heavy atom. The van der Waals surface area contributed by atoms with Crippen molar-refractivity contribution in [2.24, 2.45) is 5.92 Å². The van der Waals surface area contributed by atoms with Gasteiger partial charge in [0.1, 0.15) is 5.82 Å². The van der Waals surface area contributed by atoms with E-state index in [2.05, 4.69) is 32.5 Å². The van der Waals surface area contributed by atoms with Crippen molar-refractivity contribution >= 4 is 23.3 Å². The molecule has 4 rings (SSSR count). The van der Waals surface area contributed by atoms with Crippen molar-refractivity contribution in [2.45, 2.75) is 19.4 Å². The molecule has 7 nitrogen and oxygen atoms in total. The van der Waals surface area contributed by atoms with Gasteiger partial charge in [0.25, 0.3) is 5.91 Å². The second kappa shape index (κ2) is 8.61. The maximum absolute atomic E-state index is 12.6. The highest BCUT2D eigenvalue weighted by atomic mass is 16.2. The summed E-state index contributed by atoms with van der Waals surface area (Å²) in [7, 11) is 2.13. The van der Waals surface area contributed by atoms with Crippen LogP contribution < -0.4 is 15.5 Å². The van der Waals surface area contributed by atoms with E-state index in [1.807, 2.05) is 18.2 Å². The lowest BCUT2D eigenvalue weighted by Crippen LogP contribution is -2.44. The van der Waals surface area contributed by atoms with Crippen LogP contribution in [-0.2, 0) is 11.3 Å². The van der Waals surface area contributed by atoms with Crippen LogP contribution in [-0.4, -0.2) is 54.9 Å². The number of hydrogen-bond acceptors (Lipinski definition) is 5. The zero-order chi connectivity index (χ0) is 20.2. The predicted octanol–water partition coefficient (Wildman–Crippen LogP) is 2.11. The second-order valence-corrected chi connectivity index (χ2v) is 7.84. The number of hydrogen-bond donors (Lipinski definition) is 2. The summed E-state index contributed by atoms with van der Waals surface area (Å²) in [4.78, 5) is 33.6. The Balaban J connectivity index is 1.34. The molecule has 2 aliphatic rings. The Labute approximate surface area is 171 Å². The first kappa shape index (κ1) is 19.4. The minimum Gasteiger partial charge on any atom is -0.354 e. The van der Waals surface area contributed by atoms with Gasteiger partial charge in [-0.2, -0.15) is 0 Å². The highest BCUT2D eigenvalue weighted by Gasteiger charge is 2.29. The maximum atomic E-state index is 12.6. The van der Waals surface area contributed by atoms with Crippen molar-refractivity contribution in [3.8, 4) is 0 Å². The second-order valence-electron chi connectivity index (χ2n) is 7.84. The maximum Gasteiger partial charge on any atom is 0.251 e. The molecule has 1 saturated carbocycles. The Kier molecular flexibility index (Phi) is 5.76. The molecule has 1 aromatic carbocycles. The molecule has 7 heteroatoms. The molecule has 1 saturated heterocycles. The number of carbonyl (C=O) groups excluding carboxylic acids is 2. The lowest BCUT2D eigenvalue weighted by Gasteiger charge is -2.33. The molecule has 1 aromatic heterocycles. The molecule has 1 aliphatic carbocycles. The smallest absolute Gasteiger partial charge is 0.251 e. The van der Waals surface area contributed by atoms with E-state index in [4.69, 9.17) is 0 Å². The minimum atomic E-state index is -0.162. The number of benzene rings is 1. The molecule has 152 valence electrons. The van der Waals surface area contributed by atoms with Crippen LogP contribution >= 0.6 is 0 Å². The number of aromatic nitrogens is 1. The number of carbonyl (C=O) groups is 2. The van der Waals surface area contributed by atoms with Gasteiger partial charge in [-0.25, -0.2) is 4.98 Å². The Morgan fingerprint density at radius 3 is 2.66 bits per heavy atom. The van der Waals surface area contributed by atoms with Crippen LogP contribution in [0.2, 0.25) is 0 Å². The van der Waals surface area contributed by atoms with Gasteiger partial charge >= 0.3 is 0 Å². The molecule has 29 heavy (non-hydrogen) atoms. The third kappa shape index (κ3) is 5.12. The average Bonchev–Trinajstić information content (AvgIpc) is 3.58. The van der Waals surface area contributed by atoms with Crippen molar-refractivity contribution in [1.82, 2.24) is 15.2 Å². The van der Waals surface area contributed by atoms with Gasteiger partial charge in [-0.1, -0.05) is 6.07 Å². The summed E-state index contributed by atoms with van der Waals surface area (Å²) in [5, 5.41) is 5.85. The van der Waals surface area contributed by atoms with E-state index in [0.29, 0.717) is 17.8 Å². The van der Waals surface area contributed by atoms with Gasteiger partial charge in [0.15, 0.2) is 0 Å². The van der Waals surface area contributed by atoms with E-state index in [-0.39, 0.29) is 17.7 Å². The van der Waals surface area contributed by atoms with Crippen LogP contribution in [0.3, 0.4) is 0 Å². The van der Waals surface area contributed by atoms with Gasteiger partial charge in [0.05, 0.1) is 0 Å². The van der Waals surface area contributed by atoms with E-state index in [9.17, 15) is 9.59 Å². The Bertz CT molecular complexity index is 888. The first-order chi connectivity index (χ1) is 14.1. The number of nitrogens with one attached hydrogen (secondary N) is 2. The van der Waals surface area contributed by atoms with Gasteiger partial charge in [0.2, 0.25) is 5.91 Å². The van der Waals surface area contributed by atoms with Crippen molar-refractivity contribution < 1.29 is 9.59 Å². The summed E-state index contributed by atoms with van der Waals surface area (Å²) in [6.45, 7) is 4.39. The molecule has 2 fully saturated rings. The number of rotatable bonds is 6. The molecule has 0 spiro atoms. The summed E-state index contributed by atoms with van der Waals surface area (Å²) in [6, 6.07) is 11.0. The third-order valence-corrected chi connectivity index (χ3v) is 5.43. The lowest BCUT2D eigenvalue weighted by atomic mass is 10.1. The fraction of sp³-hybridized carbons (Fsp3) is 0.409.